The molecule has 0 aliphatic rings. The molecule has 0 radical (unpaired) electrons. The number of rotatable bonds is 2. The van der Waals surface area contributed by atoms with Crippen molar-refractivity contribution in [1.29, 1.82) is 0 Å². The van der Waals surface area contributed by atoms with E-state index in [-0.39, 0.29) is 5.56 Å². The largest absolute Gasteiger partial charge is 0.284 e. The highest BCUT2D eigenvalue weighted by molar-refractivity contribution is 6.03. The summed E-state index contributed by atoms with van der Waals surface area (Å²) >= 11 is 0. The molecule has 0 unspecified atom stereocenters. The van der Waals surface area contributed by atoms with Gasteiger partial charge in [0.05, 0.1) is 5.39 Å². The Morgan fingerprint density at radius 1 is 0.893 bits per heavy atom. The first-order chi connectivity index (χ1) is 13.6. The van der Waals surface area contributed by atoms with Gasteiger partial charge in [0.25, 0.3) is 11.5 Å². The van der Waals surface area contributed by atoms with Crippen LogP contribution in [-0.2, 0) is 0 Å². The molecule has 0 aliphatic carbocycles. The molecule has 6 nitrogen and oxygen atoms in total. The lowest BCUT2D eigenvalue weighted by Gasteiger charge is -2.07. The average Bonchev–Trinajstić information content (AvgIpc) is 3.04. The Hall–Kier alpha value is -3.80. The molecule has 0 spiro atoms. The van der Waals surface area contributed by atoms with Crippen LogP contribution in [0.4, 0.5) is 0 Å². The molecule has 2 aromatic carbocycles. The number of aromatic nitrogens is 5. The molecule has 0 amide bonds. The summed E-state index contributed by atoms with van der Waals surface area (Å²) in [6.45, 7) is 3.76. The Morgan fingerprint density at radius 2 is 1.64 bits per heavy atom. The van der Waals surface area contributed by atoms with Crippen LogP contribution < -0.4 is 5.56 Å². The van der Waals surface area contributed by atoms with Gasteiger partial charge in [-0.05, 0) is 42.3 Å². The van der Waals surface area contributed by atoms with Crippen LogP contribution in [0, 0.1) is 13.8 Å². The summed E-state index contributed by atoms with van der Waals surface area (Å²) < 4.78 is 1.37. The minimum atomic E-state index is -0.212. The van der Waals surface area contributed by atoms with Crippen molar-refractivity contribution >= 4 is 21.8 Å². The summed E-state index contributed by atoms with van der Waals surface area (Å²) in [4.78, 5) is 26.5. The second-order valence-electron chi connectivity index (χ2n) is 6.81. The van der Waals surface area contributed by atoms with Gasteiger partial charge in [0, 0.05) is 23.1 Å². The number of hydrogen-bond acceptors (Lipinski definition) is 4. The summed E-state index contributed by atoms with van der Waals surface area (Å²) in [7, 11) is 0. The Balaban J connectivity index is 1.83. The van der Waals surface area contributed by atoms with E-state index in [2.05, 4.69) is 38.2 Å². The number of aromatic amines is 1. The number of fused-ring (bicyclic) bond motifs is 2. The van der Waals surface area contributed by atoms with E-state index in [0.717, 1.165) is 33.3 Å². The van der Waals surface area contributed by atoms with E-state index < -0.39 is 0 Å². The number of hydrogen-bond donors (Lipinski definition) is 1. The normalized spacial score (nSPS) is 11.4. The lowest BCUT2D eigenvalue weighted by Crippen LogP contribution is -2.18. The molecule has 0 fully saturated rings. The van der Waals surface area contributed by atoms with Crippen molar-refractivity contribution in [3.63, 3.8) is 0 Å². The van der Waals surface area contributed by atoms with Crippen molar-refractivity contribution in [3.8, 4) is 17.1 Å². The fourth-order valence-corrected chi connectivity index (χ4v) is 3.66. The highest BCUT2D eigenvalue weighted by Gasteiger charge is 2.17. The Labute approximate surface area is 160 Å². The van der Waals surface area contributed by atoms with Crippen molar-refractivity contribution in [2.75, 3.05) is 0 Å². The van der Waals surface area contributed by atoms with Crippen molar-refractivity contribution in [2.24, 2.45) is 0 Å². The van der Waals surface area contributed by atoms with Crippen molar-refractivity contribution in [1.82, 2.24) is 24.7 Å². The lowest BCUT2D eigenvalue weighted by molar-refractivity contribution is 0.778. The summed E-state index contributed by atoms with van der Waals surface area (Å²) in [5.41, 5.74) is 3.74. The molecule has 1 N–H and O–H groups in total. The van der Waals surface area contributed by atoms with Gasteiger partial charge in [0.15, 0.2) is 5.65 Å². The van der Waals surface area contributed by atoms with E-state index in [4.69, 9.17) is 0 Å². The highest BCUT2D eigenvalue weighted by Crippen LogP contribution is 2.31. The highest BCUT2D eigenvalue weighted by atomic mass is 16.1. The van der Waals surface area contributed by atoms with Gasteiger partial charge in [0.1, 0.15) is 0 Å². The molecule has 3 aromatic heterocycles. The van der Waals surface area contributed by atoms with Crippen LogP contribution in [0.25, 0.3) is 38.9 Å². The number of H-pyrrole nitrogens is 1. The molecule has 6 heteroatoms. The van der Waals surface area contributed by atoms with Crippen molar-refractivity contribution < 1.29 is 0 Å². The SMILES string of the molecule is Cc1cc(C)nc(-n2[nH]c3nccc(-c4cccc5ccccc45)c3c2=O)n1. The molecule has 0 saturated heterocycles. The number of nitrogens with zero attached hydrogens (tertiary/aromatic N) is 4. The van der Waals surface area contributed by atoms with Crippen LogP contribution in [0.1, 0.15) is 11.4 Å². The predicted octanol–water partition coefficient (Wildman–Crippen LogP) is 3.94. The number of benzene rings is 2. The van der Waals surface area contributed by atoms with Gasteiger partial charge >= 0.3 is 0 Å². The van der Waals surface area contributed by atoms with E-state index in [1.165, 1.54) is 4.68 Å². The van der Waals surface area contributed by atoms with E-state index in [1.54, 1.807) is 6.20 Å². The second-order valence-corrected chi connectivity index (χ2v) is 6.81. The first-order valence-corrected chi connectivity index (χ1v) is 9.02. The Kier molecular flexibility index (Phi) is 3.58. The van der Waals surface area contributed by atoms with Crippen LogP contribution >= 0.6 is 0 Å². The molecule has 0 aliphatic heterocycles. The molecule has 0 bridgehead atoms. The van der Waals surface area contributed by atoms with E-state index in [1.807, 2.05) is 50.2 Å². The topological polar surface area (TPSA) is 76.5 Å². The van der Waals surface area contributed by atoms with Crippen LogP contribution in [0.2, 0.25) is 0 Å². The summed E-state index contributed by atoms with van der Waals surface area (Å²) in [5.74, 6) is 0.323. The van der Waals surface area contributed by atoms with Gasteiger partial charge in [-0.3, -0.25) is 9.89 Å². The van der Waals surface area contributed by atoms with Crippen LogP contribution in [0.5, 0.6) is 0 Å². The lowest BCUT2D eigenvalue weighted by atomic mass is 9.97. The molecular formula is C22H17N5O. The Morgan fingerprint density at radius 3 is 2.46 bits per heavy atom. The molecule has 3 heterocycles. The first kappa shape index (κ1) is 16.4. The van der Waals surface area contributed by atoms with Crippen LogP contribution in [-0.4, -0.2) is 24.7 Å². The summed E-state index contributed by atoms with van der Waals surface area (Å²) in [5, 5.41) is 5.80. The van der Waals surface area contributed by atoms with E-state index >= 15 is 0 Å². The molecule has 28 heavy (non-hydrogen) atoms. The third-order valence-corrected chi connectivity index (χ3v) is 4.84. The van der Waals surface area contributed by atoms with Gasteiger partial charge in [-0.1, -0.05) is 42.5 Å². The minimum Gasteiger partial charge on any atom is -0.271 e. The zero-order chi connectivity index (χ0) is 19.3. The van der Waals surface area contributed by atoms with E-state index in [9.17, 15) is 4.79 Å². The zero-order valence-electron chi connectivity index (χ0n) is 15.5. The third kappa shape index (κ3) is 2.50. The minimum absolute atomic E-state index is 0.212. The van der Waals surface area contributed by atoms with Gasteiger partial charge in [-0.2, -0.15) is 4.68 Å². The van der Waals surface area contributed by atoms with Gasteiger partial charge in [-0.15, -0.1) is 0 Å². The third-order valence-electron chi connectivity index (χ3n) is 4.84. The quantitative estimate of drug-likeness (QED) is 0.513. The average molecular weight is 367 g/mol. The predicted molar refractivity (Wildman–Crippen MR) is 110 cm³/mol. The maximum atomic E-state index is 13.3. The van der Waals surface area contributed by atoms with Crippen molar-refractivity contribution in [2.45, 2.75) is 13.8 Å². The van der Waals surface area contributed by atoms with E-state index in [0.29, 0.717) is 17.0 Å². The fraction of sp³-hybridized carbons (Fsp3) is 0.0909. The number of nitrogens with one attached hydrogen (secondary N) is 1. The van der Waals surface area contributed by atoms with Gasteiger partial charge in [0.2, 0.25) is 0 Å². The summed E-state index contributed by atoms with van der Waals surface area (Å²) in [6.07, 6.45) is 1.71. The summed E-state index contributed by atoms with van der Waals surface area (Å²) in [6, 6.07) is 18.0. The molecule has 5 rings (SSSR count). The van der Waals surface area contributed by atoms with Crippen LogP contribution in [0.3, 0.4) is 0 Å². The van der Waals surface area contributed by atoms with Gasteiger partial charge < -0.3 is 0 Å². The van der Waals surface area contributed by atoms with Gasteiger partial charge in [-0.25, -0.2) is 15.0 Å². The monoisotopic (exact) mass is 367 g/mol. The molecule has 136 valence electrons. The Bertz CT molecular complexity index is 1390. The fourth-order valence-electron chi connectivity index (χ4n) is 3.66. The molecule has 0 saturated carbocycles. The van der Waals surface area contributed by atoms with Crippen molar-refractivity contribution in [3.05, 3.63) is 82.5 Å². The molecule has 0 atom stereocenters. The smallest absolute Gasteiger partial charge is 0.271 e. The first-order valence-electron chi connectivity index (χ1n) is 9.02. The maximum absolute atomic E-state index is 13.3. The molecule has 5 aromatic rings. The maximum Gasteiger partial charge on any atom is 0.284 e. The zero-order valence-corrected chi connectivity index (χ0v) is 15.5. The molecular weight excluding hydrogens is 350 g/mol. The number of pyridine rings is 1. The second kappa shape index (κ2) is 6.13. The standard InChI is InChI=1S/C22H17N5O/c1-13-12-14(2)25-22(24-13)27-21(28)19-18(10-11-23-20(19)26-27)17-9-5-7-15-6-3-4-8-16(15)17/h3-12H,1-2H3,(H,23,26). The number of aryl methyl sites for hydroxylation is 2. The van der Waals surface area contributed by atoms with Crippen LogP contribution in [0.15, 0.2) is 65.6 Å².